The van der Waals surface area contributed by atoms with E-state index in [4.69, 9.17) is 9.84 Å². The lowest BCUT2D eigenvalue weighted by Gasteiger charge is -2.24. The highest BCUT2D eigenvalue weighted by Crippen LogP contribution is 2.24. The molecule has 0 aliphatic carbocycles. The van der Waals surface area contributed by atoms with Crippen LogP contribution in [0.2, 0.25) is 0 Å². The molecule has 0 unspecified atom stereocenters. The van der Waals surface area contributed by atoms with Crippen LogP contribution in [0.5, 0.6) is 11.5 Å². The van der Waals surface area contributed by atoms with Gasteiger partial charge in [-0.1, -0.05) is 13.8 Å². The number of phenolic OH excluding ortho intramolecular Hbond substituents is 1. The molecule has 0 aromatic heterocycles. The quantitative estimate of drug-likeness (QED) is 0.676. The van der Waals surface area contributed by atoms with Gasteiger partial charge in [0.15, 0.2) is 0 Å². The minimum Gasteiger partial charge on any atom is -0.508 e. The zero-order valence-corrected chi connectivity index (χ0v) is 12.1. The zero-order valence-electron chi connectivity index (χ0n) is 12.1. The van der Waals surface area contributed by atoms with Gasteiger partial charge < -0.3 is 20.3 Å². The number of rotatable bonds is 8. The molecule has 4 heteroatoms. The summed E-state index contributed by atoms with van der Waals surface area (Å²) in [6.45, 7) is 8.32. The molecule has 0 saturated carbocycles. The molecule has 0 aliphatic heterocycles. The highest BCUT2D eigenvalue weighted by atomic mass is 16.5. The largest absolute Gasteiger partial charge is 0.508 e. The van der Waals surface area contributed by atoms with Gasteiger partial charge in [-0.15, -0.1) is 0 Å². The highest BCUT2D eigenvalue weighted by molar-refractivity contribution is 5.39. The fraction of sp³-hybridized carbons (Fsp3) is 0.600. The SMILES string of the molecule is CCOc1ccc(O)c(CNCC(C)(C)CCO)c1. The van der Waals surface area contributed by atoms with Gasteiger partial charge in [0.25, 0.3) is 0 Å². The Labute approximate surface area is 115 Å². The molecule has 0 heterocycles. The third-order valence-corrected chi connectivity index (χ3v) is 3.07. The van der Waals surface area contributed by atoms with Gasteiger partial charge in [0, 0.05) is 25.3 Å². The summed E-state index contributed by atoms with van der Waals surface area (Å²) >= 11 is 0. The van der Waals surface area contributed by atoms with Crippen molar-refractivity contribution in [1.29, 1.82) is 0 Å². The molecule has 3 N–H and O–H groups in total. The van der Waals surface area contributed by atoms with Gasteiger partial charge in [-0.25, -0.2) is 0 Å². The second-order valence-corrected chi connectivity index (χ2v) is 5.46. The number of aliphatic hydroxyl groups is 1. The van der Waals surface area contributed by atoms with Crippen molar-refractivity contribution in [3.05, 3.63) is 23.8 Å². The number of aromatic hydroxyl groups is 1. The first-order valence-corrected chi connectivity index (χ1v) is 6.75. The highest BCUT2D eigenvalue weighted by Gasteiger charge is 2.16. The molecule has 0 amide bonds. The predicted molar refractivity (Wildman–Crippen MR) is 76.5 cm³/mol. The summed E-state index contributed by atoms with van der Waals surface area (Å²) in [5.41, 5.74) is 0.868. The standard InChI is InChI=1S/C15H25NO3/c1-4-19-13-5-6-14(18)12(9-13)10-16-11-15(2,3)7-8-17/h5-6,9,16-18H,4,7-8,10-11H2,1-3H3. The van der Waals surface area contributed by atoms with E-state index in [2.05, 4.69) is 19.2 Å². The normalized spacial score (nSPS) is 11.6. The van der Waals surface area contributed by atoms with Gasteiger partial charge in [0.05, 0.1) is 6.61 Å². The van der Waals surface area contributed by atoms with Gasteiger partial charge in [-0.2, -0.15) is 0 Å². The van der Waals surface area contributed by atoms with Crippen LogP contribution in [0.15, 0.2) is 18.2 Å². The van der Waals surface area contributed by atoms with E-state index in [1.54, 1.807) is 12.1 Å². The number of ether oxygens (including phenoxy) is 1. The van der Waals surface area contributed by atoms with E-state index in [-0.39, 0.29) is 17.8 Å². The van der Waals surface area contributed by atoms with Crippen LogP contribution in [0.4, 0.5) is 0 Å². The zero-order chi connectivity index (χ0) is 14.3. The maximum Gasteiger partial charge on any atom is 0.120 e. The minimum absolute atomic E-state index is 0.0435. The van der Waals surface area contributed by atoms with Crippen LogP contribution in [0, 0.1) is 5.41 Å². The number of nitrogens with one attached hydrogen (secondary N) is 1. The van der Waals surface area contributed by atoms with Crippen LogP contribution in [0.25, 0.3) is 0 Å². The molecule has 0 bridgehead atoms. The third kappa shape index (κ3) is 5.49. The van der Waals surface area contributed by atoms with E-state index in [1.807, 2.05) is 13.0 Å². The van der Waals surface area contributed by atoms with Crippen LogP contribution in [-0.4, -0.2) is 30.0 Å². The molecule has 1 aromatic rings. The first-order chi connectivity index (χ1) is 8.98. The Bertz CT molecular complexity index is 391. The molecule has 4 nitrogen and oxygen atoms in total. The van der Waals surface area contributed by atoms with Crippen LogP contribution in [0.3, 0.4) is 0 Å². The lowest BCUT2D eigenvalue weighted by atomic mass is 9.90. The monoisotopic (exact) mass is 267 g/mol. The Morgan fingerprint density at radius 1 is 1.32 bits per heavy atom. The topological polar surface area (TPSA) is 61.7 Å². The van der Waals surface area contributed by atoms with Crippen molar-refractivity contribution in [3.8, 4) is 11.5 Å². The summed E-state index contributed by atoms with van der Waals surface area (Å²) in [7, 11) is 0. The Balaban J connectivity index is 2.55. The summed E-state index contributed by atoms with van der Waals surface area (Å²) in [6, 6.07) is 5.27. The van der Waals surface area contributed by atoms with Crippen molar-refractivity contribution in [2.45, 2.75) is 33.7 Å². The van der Waals surface area contributed by atoms with Crippen LogP contribution in [0.1, 0.15) is 32.8 Å². The molecule has 0 radical (unpaired) electrons. The fourth-order valence-electron chi connectivity index (χ4n) is 1.89. The van der Waals surface area contributed by atoms with Crippen LogP contribution in [-0.2, 0) is 6.54 Å². The third-order valence-electron chi connectivity index (χ3n) is 3.07. The molecule has 0 spiro atoms. The maximum atomic E-state index is 9.80. The molecule has 108 valence electrons. The van der Waals surface area contributed by atoms with Crippen LogP contribution < -0.4 is 10.1 Å². The Hall–Kier alpha value is -1.26. The average Bonchev–Trinajstić information content (AvgIpc) is 2.33. The molecule has 0 aliphatic rings. The molecule has 0 atom stereocenters. The van der Waals surface area contributed by atoms with Crippen molar-refractivity contribution >= 4 is 0 Å². The first-order valence-electron chi connectivity index (χ1n) is 6.75. The van der Waals surface area contributed by atoms with Gasteiger partial charge >= 0.3 is 0 Å². The molecular formula is C15H25NO3. The van der Waals surface area contributed by atoms with Crippen molar-refractivity contribution in [2.24, 2.45) is 5.41 Å². The Kier molecular flexibility index (Phi) is 6.12. The number of aliphatic hydroxyl groups excluding tert-OH is 1. The van der Waals surface area contributed by atoms with Gasteiger partial charge in [-0.05, 0) is 37.0 Å². The summed E-state index contributed by atoms with van der Waals surface area (Å²) in [5.74, 6) is 1.04. The average molecular weight is 267 g/mol. The van der Waals surface area contributed by atoms with E-state index in [0.29, 0.717) is 13.2 Å². The van der Waals surface area contributed by atoms with Crippen molar-refractivity contribution in [3.63, 3.8) is 0 Å². The molecule has 1 aromatic carbocycles. The number of benzene rings is 1. The Morgan fingerprint density at radius 3 is 2.68 bits per heavy atom. The van der Waals surface area contributed by atoms with E-state index < -0.39 is 0 Å². The lowest BCUT2D eigenvalue weighted by Crippen LogP contribution is -2.29. The number of hydrogen-bond acceptors (Lipinski definition) is 4. The van der Waals surface area contributed by atoms with E-state index >= 15 is 0 Å². The molecule has 19 heavy (non-hydrogen) atoms. The number of phenols is 1. The van der Waals surface area contributed by atoms with E-state index in [0.717, 1.165) is 24.3 Å². The van der Waals surface area contributed by atoms with Crippen molar-refractivity contribution in [2.75, 3.05) is 19.8 Å². The van der Waals surface area contributed by atoms with Crippen molar-refractivity contribution < 1.29 is 14.9 Å². The predicted octanol–water partition coefficient (Wildman–Crippen LogP) is 2.29. The fourth-order valence-corrected chi connectivity index (χ4v) is 1.89. The maximum absolute atomic E-state index is 9.80. The van der Waals surface area contributed by atoms with Crippen LogP contribution >= 0.6 is 0 Å². The van der Waals surface area contributed by atoms with E-state index in [1.165, 1.54) is 0 Å². The number of hydrogen-bond donors (Lipinski definition) is 3. The summed E-state index contributed by atoms with van der Waals surface area (Å²) < 4.78 is 5.42. The lowest BCUT2D eigenvalue weighted by molar-refractivity contribution is 0.207. The van der Waals surface area contributed by atoms with Gasteiger partial charge in [-0.3, -0.25) is 0 Å². The smallest absolute Gasteiger partial charge is 0.120 e. The molecular weight excluding hydrogens is 242 g/mol. The summed E-state index contributed by atoms with van der Waals surface area (Å²) in [4.78, 5) is 0. The Morgan fingerprint density at radius 2 is 2.05 bits per heavy atom. The van der Waals surface area contributed by atoms with E-state index in [9.17, 15) is 5.11 Å². The summed E-state index contributed by atoms with van der Waals surface area (Å²) in [6.07, 6.45) is 0.755. The molecule has 1 rings (SSSR count). The van der Waals surface area contributed by atoms with Gasteiger partial charge in [0.1, 0.15) is 11.5 Å². The van der Waals surface area contributed by atoms with Gasteiger partial charge in [0.2, 0.25) is 0 Å². The van der Waals surface area contributed by atoms with Crippen molar-refractivity contribution in [1.82, 2.24) is 5.32 Å². The second-order valence-electron chi connectivity index (χ2n) is 5.46. The minimum atomic E-state index is 0.0435. The second kappa shape index (κ2) is 7.36. The first kappa shape index (κ1) is 15.8. The summed E-state index contributed by atoms with van der Waals surface area (Å²) in [5, 5.41) is 22.1. The molecule has 0 saturated heterocycles. The molecule has 0 fully saturated rings.